The molecule has 2 rings (SSSR count). The number of carboxylic acids is 1. The number of urea groups is 1. The first kappa shape index (κ1) is 14.1. The number of thiazole rings is 1. The zero-order valence-electron chi connectivity index (χ0n) is 10.3. The monoisotopic (exact) mass is 301 g/mol. The van der Waals surface area contributed by atoms with Gasteiger partial charge in [-0.1, -0.05) is 0 Å². The number of amides is 2. The standard InChI is InChI=1S/C11H15N3O3S2/c15-9(16)2-1-4-12-10(17)14-11-13-7-3-5-18-6-8(7)19-11/h1-6H2,(H,15,16)(H2,12,13,14,17). The molecular weight excluding hydrogens is 286 g/mol. The summed E-state index contributed by atoms with van der Waals surface area (Å²) in [6.45, 7) is 0.346. The van der Waals surface area contributed by atoms with Gasteiger partial charge in [-0.3, -0.25) is 10.1 Å². The highest BCUT2D eigenvalue weighted by Crippen LogP contribution is 2.31. The number of carbonyl (C=O) groups excluding carboxylic acids is 1. The van der Waals surface area contributed by atoms with E-state index in [9.17, 15) is 9.59 Å². The first-order valence-electron chi connectivity index (χ1n) is 5.98. The number of aromatic nitrogens is 1. The van der Waals surface area contributed by atoms with E-state index in [4.69, 9.17) is 5.11 Å². The first-order chi connectivity index (χ1) is 9.15. The molecule has 2 heterocycles. The Hall–Kier alpha value is -1.28. The molecule has 0 bridgehead atoms. The molecule has 0 aliphatic carbocycles. The minimum Gasteiger partial charge on any atom is -0.481 e. The fourth-order valence-corrected chi connectivity index (χ4v) is 3.78. The second-order valence-corrected chi connectivity index (χ2v) is 6.26. The molecule has 0 radical (unpaired) electrons. The van der Waals surface area contributed by atoms with Crippen molar-refractivity contribution in [3.05, 3.63) is 10.6 Å². The van der Waals surface area contributed by atoms with E-state index in [1.165, 1.54) is 16.2 Å². The molecule has 8 heteroatoms. The Morgan fingerprint density at radius 2 is 2.26 bits per heavy atom. The number of fused-ring (bicyclic) bond motifs is 1. The summed E-state index contributed by atoms with van der Waals surface area (Å²) in [7, 11) is 0. The van der Waals surface area contributed by atoms with Crippen molar-refractivity contribution in [2.75, 3.05) is 17.6 Å². The Kier molecular flexibility index (Phi) is 5.03. The fraction of sp³-hybridized carbons (Fsp3) is 0.545. The molecule has 1 aliphatic heterocycles. The summed E-state index contributed by atoms with van der Waals surface area (Å²) in [5.41, 5.74) is 1.09. The number of aryl methyl sites for hydroxylation is 1. The Morgan fingerprint density at radius 3 is 3.00 bits per heavy atom. The molecule has 3 N–H and O–H groups in total. The van der Waals surface area contributed by atoms with Gasteiger partial charge in [0.25, 0.3) is 0 Å². The van der Waals surface area contributed by atoms with Gasteiger partial charge in [-0.05, 0) is 18.6 Å². The predicted molar refractivity (Wildman–Crippen MR) is 75.9 cm³/mol. The van der Waals surface area contributed by atoms with Gasteiger partial charge in [0.2, 0.25) is 0 Å². The van der Waals surface area contributed by atoms with E-state index in [0.717, 1.165) is 23.6 Å². The predicted octanol–water partition coefficient (Wildman–Crippen LogP) is 1.92. The van der Waals surface area contributed by atoms with Crippen LogP contribution in [0.1, 0.15) is 23.4 Å². The molecule has 0 spiro atoms. The average Bonchev–Trinajstić information content (AvgIpc) is 2.76. The molecule has 1 aromatic heterocycles. The van der Waals surface area contributed by atoms with Crippen LogP contribution in [0.3, 0.4) is 0 Å². The number of nitrogens with zero attached hydrogens (tertiary/aromatic N) is 1. The third-order valence-electron chi connectivity index (χ3n) is 2.57. The number of aliphatic carboxylic acids is 1. The zero-order valence-corrected chi connectivity index (χ0v) is 11.9. The van der Waals surface area contributed by atoms with Crippen molar-refractivity contribution >= 4 is 40.2 Å². The lowest BCUT2D eigenvalue weighted by atomic mass is 10.3. The first-order valence-corrected chi connectivity index (χ1v) is 7.95. The normalized spacial score (nSPS) is 13.7. The maximum Gasteiger partial charge on any atom is 0.321 e. The summed E-state index contributed by atoms with van der Waals surface area (Å²) in [4.78, 5) is 27.5. The number of carbonyl (C=O) groups is 2. The van der Waals surface area contributed by atoms with Crippen LogP contribution in [0.5, 0.6) is 0 Å². The van der Waals surface area contributed by atoms with E-state index >= 15 is 0 Å². The van der Waals surface area contributed by atoms with Crippen LogP contribution in [-0.4, -0.2) is 34.4 Å². The van der Waals surface area contributed by atoms with Crippen molar-refractivity contribution in [1.29, 1.82) is 0 Å². The van der Waals surface area contributed by atoms with Gasteiger partial charge in [-0.25, -0.2) is 9.78 Å². The highest BCUT2D eigenvalue weighted by Gasteiger charge is 2.16. The number of nitrogens with one attached hydrogen (secondary N) is 2. The minimum absolute atomic E-state index is 0.0586. The van der Waals surface area contributed by atoms with Crippen molar-refractivity contribution in [2.24, 2.45) is 0 Å². The van der Waals surface area contributed by atoms with Gasteiger partial charge in [0.15, 0.2) is 5.13 Å². The van der Waals surface area contributed by atoms with Crippen LogP contribution in [0.25, 0.3) is 0 Å². The van der Waals surface area contributed by atoms with Crippen molar-refractivity contribution in [1.82, 2.24) is 10.3 Å². The lowest BCUT2D eigenvalue weighted by Gasteiger charge is -2.06. The summed E-state index contributed by atoms with van der Waals surface area (Å²) in [5.74, 6) is 1.19. The quantitative estimate of drug-likeness (QED) is 0.723. The second kappa shape index (κ2) is 6.76. The van der Waals surface area contributed by atoms with Crippen LogP contribution >= 0.6 is 23.1 Å². The highest BCUT2D eigenvalue weighted by atomic mass is 32.2. The molecule has 0 saturated carbocycles. The van der Waals surface area contributed by atoms with Crippen LogP contribution < -0.4 is 10.6 Å². The molecule has 19 heavy (non-hydrogen) atoms. The van der Waals surface area contributed by atoms with Crippen molar-refractivity contribution < 1.29 is 14.7 Å². The van der Waals surface area contributed by atoms with Crippen LogP contribution in [0.2, 0.25) is 0 Å². The van der Waals surface area contributed by atoms with E-state index in [0.29, 0.717) is 18.1 Å². The van der Waals surface area contributed by atoms with E-state index in [1.807, 2.05) is 11.8 Å². The summed E-state index contributed by atoms with van der Waals surface area (Å²) >= 11 is 3.39. The Balaban J connectivity index is 1.75. The average molecular weight is 301 g/mol. The van der Waals surface area contributed by atoms with Gasteiger partial charge in [-0.15, -0.1) is 11.3 Å². The number of hydrogen-bond donors (Lipinski definition) is 3. The van der Waals surface area contributed by atoms with E-state index in [2.05, 4.69) is 15.6 Å². The largest absolute Gasteiger partial charge is 0.481 e. The molecule has 0 unspecified atom stereocenters. The Morgan fingerprint density at radius 1 is 1.42 bits per heavy atom. The molecule has 104 valence electrons. The molecule has 0 aromatic carbocycles. The summed E-state index contributed by atoms with van der Waals surface area (Å²) in [6, 6.07) is -0.330. The number of rotatable bonds is 5. The number of thioether (sulfide) groups is 1. The second-order valence-electron chi connectivity index (χ2n) is 4.07. The van der Waals surface area contributed by atoms with Crippen LogP contribution in [0, 0.1) is 0 Å². The van der Waals surface area contributed by atoms with Crippen molar-refractivity contribution in [2.45, 2.75) is 25.0 Å². The lowest BCUT2D eigenvalue weighted by molar-refractivity contribution is -0.137. The summed E-state index contributed by atoms with van der Waals surface area (Å²) in [6.07, 6.45) is 1.44. The molecule has 0 atom stereocenters. The molecular formula is C11H15N3O3S2. The third-order valence-corrected chi connectivity index (χ3v) is 4.75. The SMILES string of the molecule is O=C(O)CCCNC(=O)Nc1nc2c(s1)CSCC2. The number of hydrogen-bond acceptors (Lipinski definition) is 5. The topological polar surface area (TPSA) is 91.3 Å². The van der Waals surface area contributed by atoms with Crippen LogP contribution in [0.4, 0.5) is 9.93 Å². The maximum atomic E-state index is 11.6. The molecule has 0 saturated heterocycles. The molecule has 2 amide bonds. The van der Waals surface area contributed by atoms with Crippen molar-refractivity contribution in [3.8, 4) is 0 Å². The number of carboxylic acid groups (broad SMARTS) is 1. The van der Waals surface area contributed by atoms with E-state index < -0.39 is 5.97 Å². The Labute approximate surface area is 119 Å². The van der Waals surface area contributed by atoms with Crippen molar-refractivity contribution in [3.63, 3.8) is 0 Å². The maximum absolute atomic E-state index is 11.6. The molecule has 1 aliphatic rings. The highest BCUT2D eigenvalue weighted by molar-refractivity contribution is 7.98. The lowest BCUT2D eigenvalue weighted by Crippen LogP contribution is -2.29. The number of anilines is 1. The molecule has 1 aromatic rings. The van der Waals surface area contributed by atoms with Gasteiger partial charge in [0.05, 0.1) is 5.69 Å². The van der Waals surface area contributed by atoms with Crippen LogP contribution in [-0.2, 0) is 17.0 Å². The van der Waals surface area contributed by atoms with E-state index in [1.54, 1.807) is 0 Å². The molecule has 0 fully saturated rings. The van der Waals surface area contributed by atoms with Gasteiger partial charge in [0.1, 0.15) is 0 Å². The van der Waals surface area contributed by atoms with E-state index in [-0.39, 0.29) is 12.5 Å². The zero-order chi connectivity index (χ0) is 13.7. The van der Waals surface area contributed by atoms with Gasteiger partial charge >= 0.3 is 12.0 Å². The third kappa shape index (κ3) is 4.39. The minimum atomic E-state index is -0.854. The molecule has 6 nitrogen and oxygen atoms in total. The summed E-state index contributed by atoms with van der Waals surface area (Å²) < 4.78 is 0. The Bertz CT molecular complexity index is 452. The van der Waals surface area contributed by atoms with Gasteiger partial charge < -0.3 is 10.4 Å². The van der Waals surface area contributed by atoms with Crippen LogP contribution in [0.15, 0.2) is 0 Å². The van der Waals surface area contributed by atoms with Gasteiger partial charge in [-0.2, -0.15) is 11.8 Å². The summed E-state index contributed by atoms with van der Waals surface area (Å²) in [5, 5.41) is 14.4. The smallest absolute Gasteiger partial charge is 0.321 e. The fourth-order valence-electron chi connectivity index (χ4n) is 1.66. The van der Waals surface area contributed by atoms with Gasteiger partial charge in [0, 0.05) is 23.6 Å².